The summed E-state index contributed by atoms with van der Waals surface area (Å²) in [5, 5.41) is 5.30. The molecule has 0 nitrogen and oxygen atoms in total. The fourth-order valence-electron chi connectivity index (χ4n) is 13.2. The number of benzene rings is 6. The van der Waals surface area contributed by atoms with Crippen LogP contribution in [-0.2, 0) is 17.4 Å². The molecule has 0 radical (unpaired) electrons. The van der Waals surface area contributed by atoms with Gasteiger partial charge in [0.05, 0.1) is 0 Å². The van der Waals surface area contributed by atoms with Crippen molar-refractivity contribution in [3.05, 3.63) is 155 Å². The molecule has 0 amide bonds. The Labute approximate surface area is 375 Å². The van der Waals surface area contributed by atoms with Gasteiger partial charge in [-0.15, -0.1) is 24.8 Å². The Hall–Kier alpha value is -3.00. The van der Waals surface area contributed by atoms with E-state index in [1.54, 1.807) is 22.3 Å². The van der Waals surface area contributed by atoms with E-state index in [1.165, 1.54) is 132 Å². The van der Waals surface area contributed by atoms with Crippen LogP contribution in [0.2, 0.25) is 9.26 Å². The minimum absolute atomic E-state index is 0. The molecule has 0 spiro atoms. The maximum absolute atomic E-state index is 3.95. The summed E-state index contributed by atoms with van der Waals surface area (Å²) >= 11 is -3.95. The van der Waals surface area contributed by atoms with Crippen molar-refractivity contribution in [1.29, 1.82) is 0 Å². The number of fused-ring (bicyclic) bond motifs is 4. The van der Waals surface area contributed by atoms with Gasteiger partial charge in [-0.1, -0.05) is 0 Å². The zero-order chi connectivity index (χ0) is 39.7. The summed E-state index contributed by atoms with van der Waals surface area (Å²) in [4.78, 5) is 0. The second-order valence-corrected chi connectivity index (χ2v) is 51.0. The SMILES string of the molecule is CCCC1(CC2=Cc3c(-c4ccc5ccccc5c4)cccc3[CH]2[Zr]([CH3])([CH3])(=[SiH2])[CH]2C(CC3(CCC)CCC3)=Cc3c(-c4ccc5ccccc5c4)cccc32)CCC1.Cl.Cl. The van der Waals surface area contributed by atoms with Gasteiger partial charge in [-0.05, 0) is 0 Å². The molecule has 0 aliphatic heterocycles. The van der Waals surface area contributed by atoms with Crippen LogP contribution in [0.15, 0.2) is 132 Å². The fraction of sp³-hybridized carbons (Fsp3) is 0.357. The van der Waals surface area contributed by atoms with Gasteiger partial charge in [-0.25, -0.2) is 0 Å². The Morgan fingerprint density at radius 2 is 0.917 bits per heavy atom. The average molecular weight is 927 g/mol. The Bertz CT molecular complexity index is 2540. The van der Waals surface area contributed by atoms with Crippen LogP contribution in [-0.4, -0.2) is 6.88 Å². The molecule has 4 aliphatic rings. The van der Waals surface area contributed by atoms with Crippen LogP contribution in [0, 0.1) is 10.8 Å². The molecule has 0 bridgehead atoms. The molecule has 0 aromatic heterocycles. The van der Waals surface area contributed by atoms with Crippen LogP contribution in [0.5, 0.6) is 0 Å². The predicted molar refractivity (Wildman–Crippen MR) is 267 cm³/mol. The van der Waals surface area contributed by atoms with Gasteiger partial charge < -0.3 is 0 Å². The summed E-state index contributed by atoms with van der Waals surface area (Å²) in [6.07, 6.45) is 21.8. The van der Waals surface area contributed by atoms with Crippen LogP contribution in [0.3, 0.4) is 0 Å². The molecule has 2 saturated carbocycles. The fourth-order valence-corrected chi connectivity index (χ4v) is 32.8. The minimum Gasteiger partial charge on any atom is -0.147 e. The molecule has 2 unspecified atom stereocenters. The van der Waals surface area contributed by atoms with E-state index >= 15 is 0 Å². The van der Waals surface area contributed by atoms with Crippen LogP contribution in [0.25, 0.3) is 56.0 Å². The van der Waals surface area contributed by atoms with Gasteiger partial charge in [0.2, 0.25) is 0 Å². The summed E-state index contributed by atoms with van der Waals surface area (Å²) in [6, 6.07) is 46.9. The monoisotopic (exact) mass is 924 g/mol. The van der Waals surface area contributed by atoms with E-state index < -0.39 is 17.4 Å². The molecule has 2 fully saturated rings. The van der Waals surface area contributed by atoms with Crippen LogP contribution >= 0.6 is 24.8 Å². The Morgan fingerprint density at radius 3 is 1.28 bits per heavy atom. The number of hydrogen-bond donors (Lipinski definition) is 0. The minimum atomic E-state index is -3.95. The maximum atomic E-state index is 2.91. The molecule has 10 rings (SSSR count). The molecular formula is C56H64Cl2SiZr. The van der Waals surface area contributed by atoms with Crippen molar-refractivity contribution < 1.29 is 17.4 Å². The standard InChI is InChI=1S/2C27H27.2CH3.2ClH.H2Si.Zr/c2*1-2-13-27(14-6-15-27)19-20-16-23-9-5-10-25(26(23)17-20)24-12-11-21-7-3-4-8-22(21)18-24;;;;;;/h2*3-5,7-12,16-18H,2,6,13-15,19H2,1H3;2*1H3;2*1H;1H2;. The quantitative estimate of drug-likeness (QED) is 0.107. The molecule has 0 N–H and O–H groups in total. The van der Waals surface area contributed by atoms with Gasteiger partial charge in [-0.3, -0.25) is 0 Å². The average Bonchev–Trinajstić information content (AvgIpc) is 3.78. The number of rotatable bonds is 12. The van der Waals surface area contributed by atoms with Crippen molar-refractivity contribution in [3.63, 3.8) is 0 Å². The van der Waals surface area contributed by atoms with E-state index in [0.717, 1.165) is 0 Å². The Morgan fingerprint density at radius 1 is 0.517 bits per heavy atom. The second-order valence-electron chi connectivity index (χ2n) is 20.5. The van der Waals surface area contributed by atoms with E-state index in [9.17, 15) is 0 Å². The Kier molecular flexibility index (Phi) is 12.1. The van der Waals surface area contributed by atoms with Crippen molar-refractivity contribution in [3.8, 4) is 22.3 Å². The van der Waals surface area contributed by atoms with Crippen molar-refractivity contribution in [2.45, 2.75) is 107 Å². The first kappa shape index (κ1) is 43.6. The van der Waals surface area contributed by atoms with Gasteiger partial charge in [0, 0.05) is 0 Å². The van der Waals surface area contributed by atoms with Crippen molar-refractivity contribution in [1.82, 2.24) is 0 Å². The third-order valence-corrected chi connectivity index (χ3v) is 33.4. The summed E-state index contributed by atoms with van der Waals surface area (Å²) in [5.41, 5.74) is 16.4. The van der Waals surface area contributed by atoms with Gasteiger partial charge in [0.1, 0.15) is 0 Å². The number of allylic oxidation sites excluding steroid dienone is 2. The van der Waals surface area contributed by atoms with Gasteiger partial charge in [0.25, 0.3) is 0 Å². The van der Waals surface area contributed by atoms with Gasteiger partial charge >= 0.3 is 353 Å². The number of hydrogen-bond acceptors (Lipinski definition) is 0. The zero-order valence-electron chi connectivity index (χ0n) is 36.4. The zero-order valence-corrected chi connectivity index (χ0v) is 41.9. The maximum Gasteiger partial charge on any atom is -0.147 e. The first-order valence-corrected chi connectivity index (χ1v) is 36.5. The molecule has 2 atom stereocenters. The molecule has 0 saturated heterocycles. The van der Waals surface area contributed by atoms with Crippen LogP contribution < -0.4 is 0 Å². The van der Waals surface area contributed by atoms with Crippen LogP contribution in [0.1, 0.15) is 120 Å². The molecule has 6 aromatic rings. The van der Waals surface area contributed by atoms with Crippen LogP contribution in [0.4, 0.5) is 0 Å². The predicted octanol–water partition coefficient (Wildman–Crippen LogP) is 16.8. The molecule has 4 aliphatic carbocycles. The summed E-state index contributed by atoms with van der Waals surface area (Å²) in [7, 11) is 0. The largest absolute Gasteiger partial charge is 0.147 e. The summed E-state index contributed by atoms with van der Waals surface area (Å²) in [6.45, 7) is 7.42. The van der Waals surface area contributed by atoms with Crippen molar-refractivity contribution in [2.24, 2.45) is 10.8 Å². The topological polar surface area (TPSA) is 0 Å². The molecule has 310 valence electrons. The van der Waals surface area contributed by atoms with Gasteiger partial charge in [0.15, 0.2) is 0 Å². The van der Waals surface area contributed by atoms with E-state index in [1.807, 2.05) is 0 Å². The van der Waals surface area contributed by atoms with E-state index in [-0.39, 0.29) is 24.8 Å². The van der Waals surface area contributed by atoms with E-state index in [0.29, 0.717) is 18.1 Å². The first-order chi connectivity index (χ1) is 28.1. The molecule has 0 heterocycles. The first-order valence-electron chi connectivity index (χ1n) is 22.8. The number of halogens is 2. The normalized spacial score (nSPS) is 19.9. The molecular weight excluding hydrogens is 863 g/mol. The summed E-state index contributed by atoms with van der Waals surface area (Å²) in [5.74, 6) is 0. The van der Waals surface area contributed by atoms with Gasteiger partial charge in [-0.2, -0.15) is 0 Å². The van der Waals surface area contributed by atoms with E-state index in [2.05, 4.69) is 163 Å². The Balaban J connectivity index is 0.00000249. The third kappa shape index (κ3) is 7.42. The molecule has 60 heavy (non-hydrogen) atoms. The van der Waals surface area contributed by atoms with E-state index in [4.69, 9.17) is 0 Å². The van der Waals surface area contributed by atoms with Crippen molar-refractivity contribution in [2.75, 3.05) is 0 Å². The second kappa shape index (κ2) is 16.6. The van der Waals surface area contributed by atoms with Crippen molar-refractivity contribution >= 4 is 65.4 Å². The third-order valence-electron chi connectivity index (χ3n) is 15.9. The molecule has 6 aromatic carbocycles. The summed E-state index contributed by atoms with van der Waals surface area (Å²) < 4.78 is 6.87. The molecule has 4 heteroatoms. The smallest absolute Gasteiger partial charge is 0.147 e.